The summed E-state index contributed by atoms with van der Waals surface area (Å²) < 4.78 is 0. The Bertz CT molecular complexity index is 581. The molecule has 0 aliphatic heterocycles. The van der Waals surface area contributed by atoms with Crippen molar-refractivity contribution in [2.24, 2.45) is 0 Å². The quantitative estimate of drug-likeness (QED) is 0.874. The Labute approximate surface area is 126 Å². The number of nitrogens with one attached hydrogen (secondary N) is 1. The van der Waals surface area contributed by atoms with Gasteiger partial charge in [0.05, 0.1) is 5.56 Å². The van der Waals surface area contributed by atoms with Gasteiger partial charge in [-0.2, -0.15) is 0 Å². The second kappa shape index (κ2) is 7.48. The molecule has 2 rings (SSSR count). The number of hydrogen-bond donors (Lipinski definition) is 1. The van der Waals surface area contributed by atoms with Gasteiger partial charge < -0.3 is 10.2 Å². The van der Waals surface area contributed by atoms with E-state index in [9.17, 15) is 4.79 Å². The molecule has 0 unspecified atom stereocenters. The Morgan fingerprint density at radius 3 is 2.43 bits per heavy atom. The van der Waals surface area contributed by atoms with Crippen molar-refractivity contribution in [2.45, 2.75) is 19.9 Å². The highest BCUT2D eigenvalue weighted by molar-refractivity contribution is 5.99. The van der Waals surface area contributed by atoms with Gasteiger partial charge in [0.15, 0.2) is 0 Å². The first kappa shape index (κ1) is 15.1. The Balaban J connectivity index is 2.12. The van der Waals surface area contributed by atoms with E-state index in [0.717, 1.165) is 29.8 Å². The largest absolute Gasteiger partial charge is 0.384 e. The number of rotatable bonds is 6. The van der Waals surface area contributed by atoms with Gasteiger partial charge in [0, 0.05) is 25.8 Å². The summed E-state index contributed by atoms with van der Waals surface area (Å²) in [6.45, 7) is 3.59. The minimum Gasteiger partial charge on any atom is -0.384 e. The van der Waals surface area contributed by atoms with Crippen molar-refractivity contribution in [3.63, 3.8) is 0 Å². The Morgan fingerprint density at radius 1 is 1.05 bits per heavy atom. The van der Waals surface area contributed by atoms with E-state index < -0.39 is 0 Å². The fraction of sp³-hybridized carbons (Fsp3) is 0.278. The molecule has 0 fully saturated rings. The maximum absolute atomic E-state index is 12.6. The van der Waals surface area contributed by atoms with Gasteiger partial charge >= 0.3 is 0 Å². The maximum atomic E-state index is 12.6. The predicted octanol–water partition coefficient (Wildman–Crippen LogP) is 3.78. The third-order valence-corrected chi connectivity index (χ3v) is 3.33. The zero-order valence-electron chi connectivity index (χ0n) is 12.7. The highest BCUT2D eigenvalue weighted by Crippen LogP contribution is 2.18. The van der Waals surface area contributed by atoms with Crippen molar-refractivity contribution >= 4 is 11.6 Å². The summed E-state index contributed by atoms with van der Waals surface area (Å²) in [7, 11) is 1.84. The number of benzene rings is 2. The summed E-state index contributed by atoms with van der Waals surface area (Å²) >= 11 is 0. The highest BCUT2D eigenvalue weighted by atomic mass is 16.2. The fourth-order valence-corrected chi connectivity index (χ4v) is 2.22. The lowest BCUT2D eigenvalue weighted by atomic mass is 10.1. The van der Waals surface area contributed by atoms with Crippen molar-refractivity contribution < 1.29 is 4.79 Å². The third kappa shape index (κ3) is 4.09. The number of anilines is 1. The van der Waals surface area contributed by atoms with Gasteiger partial charge in [-0.25, -0.2) is 0 Å². The Morgan fingerprint density at radius 2 is 1.71 bits per heavy atom. The zero-order chi connectivity index (χ0) is 15.1. The summed E-state index contributed by atoms with van der Waals surface area (Å²) in [5.41, 5.74) is 2.76. The van der Waals surface area contributed by atoms with E-state index >= 15 is 0 Å². The van der Waals surface area contributed by atoms with Crippen molar-refractivity contribution in [1.82, 2.24) is 4.90 Å². The molecule has 21 heavy (non-hydrogen) atoms. The van der Waals surface area contributed by atoms with Crippen LogP contribution in [0.1, 0.15) is 29.3 Å². The van der Waals surface area contributed by atoms with Crippen LogP contribution in [0, 0.1) is 0 Å². The molecule has 0 saturated carbocycles. The molecule has 2 aromatic rings. The van der Waals surface area contributed by atoms with Gasteiger partial charge in [-0.15, -0.1) is 0 Å². The lowest BCUT2D eigenvalue weighted by Gasteiger charge is -2.19. The lowest BCUT2D eigenvalue weighted by molar-refractivity contribution is 0.0786. The average molecular weight is 282 g/mol. The Kier molecular flexibility index (Phi) is 5.38. The van der Waals surface area contributed by atoms with Crippen LogP contribution in [0.4, 0.5) is 5.69 Å². The minimum absolute atomic E-state index is 0.0399. The molecule has 0 radical (unpaired) electrons. The molecule has 0 aliphatic rings. The van der Waals surface area contributed by atoms with Gasteiger partial charge in [-0.1, -0.05) is 49.4 Å². The molecule has 3 heteroatoms. The number of nitrogens with zero attached hydrogens (tertiary/aromatic N) is 1. The normalized spacial score (nSPS) is 10.2. The van der Waals surface area contributed by atoms with Crippen molar-refractivity contribution in [3.8, 4) is 0 Å². The topological polar surface area (TPSA) is 32.3 Å². The Hall–Kier alpha value is -2.29. The van der Waals surface area contributed by atoms with E-state index in [1.54, 1.807) is 4.90 Å². The lowest BCUT2D eigenvalue weighted by Crippen LogP contribution is -2.27. The second-order valence-electron chi connectivity index (χ2n) is 5.12. The van der Waals surface area contributed by atoms with E-state index in [4.69, 9.17) is 0 Å². The number of hydrogen-bond acceptors (Lipinski definition) is 2. The van der Waals surface area contributed by atoms with Crippen molar-refractivity contribution in [3.05, 3.63) is 65.7 Å². The first-order valence-corrected chi connectivity index (χ1v) is 7.34. The first-order chi connectivity index (χ1) is 10.2. The molecule has 0 aliphatic carbocycles. The van der Waals surface area contributed by atoms with Crippen LogP contribution >= 0.6 is 0 Å². The smallest absolute Gasteiger partial charge is 0.255 e. The third-order valence-electron chi connectivity index (χ3n) is 3.33. The van der Waals surface area contributed by atoms with Crippen LogP contribution in [0.5, 0.6) is 0 Å². The van der Waals surface area contributed by atoms with E-state index in [0.29, 0.717) is 6.54 Å². The van der Waals surface area contributed by atoms with Gasteiger partial charge in [0.25, 0.3) is 5.91 Å². The molecular weight excluding hydrogens is 260 g/mol. The van der Waals surface area contributed by atoms with Crippen LogP contribution in [0.25, 0.3) is 0 Å². The second-order valence-corrected chi connectivity index (χ2v) is 5.12. The van der Waals surface area contributed by atoms with Gasteiger partial charge in [0.1, 0.15) is 0 Å². The maximum Gasteiger partial charge on any atom is 0.255 e. The molecule has 110 valence electrons. The van der Waals surface area contributed by atoms with Crippen LogP contribution in [0.2, 0.25) is 0 Å². The van der Waals surface area contributed by atoms with E-state index in [1.807, 2.05) is 61.6 Å². The van der Waals surface area contributed by atoms with Crippen LogP contribution in [0.15, 0.2) is 54.6 Å². The monoisotopic (exact) mass is 282 g/mol. The summed E-state index contributed by atoms with van der Waals surface area (Å²) in [6.07, 6.45) is 1.03. The van der Waals surface area contributed by atoms with Gasteiger partial charge in [-0.3, -0.25) is 4.79 Å². The van der Waals surface area contributed by atoms with Crippen LogP contribution < -0.4 is 5.32 Å². The molecule has 1 N–H and O–H groups in total. The molecule has 0 spiro atoms. The first-order valence-electron chi connectivity index (χ1n) is 7.34. The molecule has 3 nitrogen and oxygen atoms in total. The molecule has 0 heterocycles. The molecule has 1 amide bonds. The number of carbonyl (C=O) groups excluding carboxylic acids is 1. The van der Waals surface area contributed by atoms with Gasteiger partial charge in [-0.05, 0) is 24.1 Å². The summed E-state index contributed by atoms with van der Waals surface area (Å²) in [6, 6.07) is 17.7. The van der Waals surface area contributed by atoms with E-state index in [-0.39, 0.29) is 5.91 Å². The zero-order valence-corrected chi connectivity index (χ0v) is 12.7. The van der Waals surface area contributed by atoms with Crippen molar-refractivity contribution in [2.75, 3.05) is 18.9 Å². The van der Waals surface area contributed by atoms with Crippen LogP contribution in [-0.2, 0) is 6.54 Å². The predicted molar refractivity (Wildman–Crippen MR) is 87.5 cm³/mol. The number of amides is 1. The summed E-state index contributed by atoms with van der Waals surface area (Å²) in [4.78, 5) is 14.4. The van der Waals surface area contributed by atoms with Crippen LogP contribution in [0.3, 0.4) is 0 Å². The molecule has 0 atom stereocenters. The summed E-state index contributed by atoms with van der Waals surface area (Å²) in [5, 5.41) is 3.32. The van der Waals surface area contributed by atoms with Gasteiger partial charge in [0.2, 0.25) is 0 Å². The van der Waals surface area contributed by atoms with Crippen LogP contribution in [-0.4, -0.2) is 24.4 Å². The summed E-state index contributed by atoms with van der Waals surface area (Å²) in [5.74, 6) is 0.0399. The molecule has 0 aromatic heterocycles. The highest BCUT2D eigenvalue weighted by Gasteiger charge is 2.15. The minimum atomic E-state index is 0.0399. The average Bonchev–Trinajstić information content (AvgIpc) is 2.53. The van der Waals surface area contributed by atoms with Crippen molar-refractivity contribution in [1.29, 1.82) is 0 Å². The molecule has 0 bridgehead atoms. The standard InChI is InChI=1S/C18H22N2O/c1-3-13-19-17-12-8-7-11-16(17)18(21)20(2)14-15-9-5-4-6-10-15/h4-12,19H,3,13-14H2,1-2H3. The fourth-order valence-electron chi connectivity index (χ4n) is 2.22. The molecular formula is C18H22N2O. The number of para-hydroxylation sites is 1. The number of carbonyl (C=O) groups is 1. The SMILES string of the molecule is CCCNc1ccccc1C(=O)N(C)Cc1ccccc1. The molecule has 0 saturated heterocycles. The van der Waals surface area contributed by atoms with E-state index in [1.165, 1.54) is 0 Å². The van der Waals surface area contributed by atoms with E-state index in [2.05, 4.69) is 12.2 Å². The molecule has 2 aromatic carbocycles.